The SMILES string of the molecule is CCNC(=NCc1cccc(COC)c1)N1CCSC(C)(C)C1. The molecule has 0 bridgehead atoms. The van der Waals surface area contributed by atoms with Crippen LogP contribution in [0.1, 0.15) is 31.9 Å². The number of nitrogens with zero attached hydrogens (tertiary/aromatic N) is 2. The van der Waals surface area contributed by atoms with Crippen LogP contribution in [0.5, 0.6) is 0 Å². The van der Waals surface area contributed by atoms with Crippen molar-refractivity contribution in [3.05, 3.63) is 35.4 Å². The van der Waals surface area contributed by atoms with Gasteiger partial charge >= 0.3 is 0 Å². The van der Waals surface area contributed by atoms with E-state index in [1.807, 2.05) is 11.8 Å². The molecule has 4 nitrogen and oxygen atoms in total. The van der Waals surface area contributed by atoms with E-state index in [4.69, 9.17) is 9.73 Å². The first kappa shape index (κ1) is 18.1. The molecule has 0 unspecified atom stereocenters. The smallest absolute Gasteiger partial charge is 0.194 e. The highest BCUT2D eigenvalue weighted by Gasteiger charge is 2.28. The molecular weight excluding hydrogens is 306 g/mol. The van der Waals surface area contributed by atoms with Crippen LogP contribution in [-0.2, 0) is 17.9 Å². The Balaban J connectivity index is 2.07. The molecule has 0 saturated carbocycles. The number of methoxy groups -OCH3 is 1. The lowest BCUT2D eigenvalue weighted by atomic mass is 10.1. The van der Waals surface area contributed by atoms with Gasteiger partial charge in [0.15, 0.2) is 5.96 Å². The molecule has 1 aliphatic rings. The topological polar surface area (TPSA) is 36.9 Å². The summed E-state index contributed by atoms with van der Waals surface area (Å²) in [7, 11) is 1.73. The van der Waals surface area contributed by atoms with E-state index in [2.05, 4.69) is 55.3 Å². The van der Waals surface area contributed by atoms with Crippen molar-refractivity contribution >= 4 is 17.7 Å². The van der Waals surface area contributed by atoms with Crippen molar-refractivity contribution < 1.29 is 4.74 Å². The van der Waals surface area contributed by atoms with Gasteiger partial charge in [-0.1, -0.05) is 24.3 Å². The fraction of sp³-hybridized carbons (Fsp3) is 0.611. The van der Waals surface area contributed by atoms with Gasteiger partial charge in [-0.05, 0) is 31.9 Å². The van der Waals surface area contributed by atoms with Gasteiger partial charge in [-0.25, -0.2) is 4.99 Å². The zero-order valence-electron chi connectivity index (χ0n) is 14.8. The van der Waals surface area contributed by atoms with Crippen molar-refractivity contribution in [2.45, 2.75) is 38.7 Å². The number of nitrogens with one attached hydrogen (secondary N) is 1. The Morgan fingerprint density at radius 1 is 1.39 bits per heavy atom. The van der Waals surface area contributed by atoms with Crippen LogP contribution in [0, 0.1) is 0 Å². The molecule has 0 aliphatic carbocycles. The Bertz CT molecular complexity index is 531. The van der Waals surface area contributed by atoms with Gasteiger partial charge in [0.2, 0.25) is 0 Å². The van der Waals surface area contributed by atoms with Gasteiger partial charge in [0.1, 0.15) is 0 Å². The van der Waals surface area contributed by atoms with Gasteiger partial charge in [0.25, 0.3) is 0 Å². The maximum Gasteiger partial charge on any atom is 0.194 e. The minimum absolute atomic E-state index is 0.285. The molecular formula is C18H29N3OS. The third-order valence-electron chi connectivity index (χ3n) is 3.77. The predicted molar refractivity (Wildman–Crippen MR) is 100 cm³/mol. The highest BCUT2D eigenvalue weighted by molar-refractivity contribution is 8.00. The summed E-state index contributed by atoms with van der Waals surface area (Å²) in [5, 5.41) is 3.44. The molecule has 0 aromatic heterocycles. The molecule has 1 heterocycles. The maximum atomic E-state index is 5.21. The predicted octanol–water partition coefficient (Wildman–Crippen LogP) is 3.13. The first-order valence-electron chi connectivity index (χ1n) is 8.28. The number of rotatable bonds is 5. The molecule has 1 aromatic rings. The van der Waals surface area contributed by atoms with E-state index in [9.17, 15) is 0 Å². The highest BCUT2D eigenvalue weighted by Crippen LogP contribution is 2.29. The largest absolute Gasteiger partial charge is 0.380 e. The summed E-state index contributed by atoms with van der Waals surface area (Å²) in [6.45, 7) is 11.1. The van der Waals surface area contributed by atoms with Crippen molar-refractivity contribution in [1.82, 2.24) is 10.2 Å². The number of benzene rings is 1. The van der Waals surface area contributed by atoms with E-state index in [1.165, 1.54) is 11.1 Å². The first-order valence-corrected chi connectivity index (χ1v) is 9.26. The Hall–Kier alpha value is -1.20. The fourth-order valence-electron chi connectivity index (χ4n) is 2.77. The molecule has 0 radical (unpaired) electrons. The normalized spacial score (nSPS) is 18.1. The molecule has 2 rings (SSSR count). The van der Waals surface area contributed by atoms with Crippen molar-refractivity contribution in [2.24, 2.45) is 4.99 Å². The maximum absolute atomic E-state index is 5.21. The van der Waals surface area contributed by atoms with Crippen molar-refractivity contribution in [3.63, 3.8) is 0 Å². The summed E-state index contributed by atoms with van der Waals surface area (Å²) < 4.78 is 5.49. The summed E-state index contributed by atoms with van der Waals surface area (Å²) in [6, 6.07) is 8.47. The van der Waals surface area contributed by atoms with Crippen LogP contribution in [0.2, 0.25) is 0 Å². The first-order chi connectivity index (χ1) is 11.0. The lowest BCUT2D eigenvalue weighted by Gasteiger charge is -2.39. The molecule has 1 N–H and O–H groups in total. The van der Waals surface area contributed by atoms with Crippen LogP contribution in [-0.4, -0.2) is 48.1 Å². The molecule has 0 spiro atoms. The van der Waals surface area contributed by atoms with E-state index in [1.54, 1.807) is 7.11 Å². The summed E-state index contributed by atoms with van der Waals surface area (Å²) in [4.78, 5) is 7.24. The standard InChI is InChI=1S/C18H29N3OS/c1-5-19-17(21-9-10-23-18(2,3)14-21)20-12-15-7-6-8-16(11-15)13-22-4/h6-8,11H,5,9-10,12-14H2,1-4H3,(H,19,20). The van der Waals surface area contributed by atoms with Crippen LogP contribution < -0.4 is 5.32 Å². The monoisotopic (exact) mass is 335 g/mol. The van der Waals surface area contributed by atoms with Crippen LogP contribution >= 0.6 is 11.8 Å². The third kappa shape index (κ3) is 5.74. The van der Waals surface area contributed by atoms with Crippen molar-refractivity contribution in [2.75, 3.05) is 32.5 Å². The Labute approximate surface area is 144 Å². The zero-order valence-corrected chi connectivity index (χ0v) is 15.6. The molecule has 1 aliphatic heterocycles. The summed E-state index contributed by atoms with van der Waals surface area (Å²) >= 11 is 2.04. The molecule has 0 amide bonds. The fourth-order valence-corrected chi connectivity index (χ4v) is 3.89. The summed E-state index contributed by atoms with van der Waals surface area (Å²) in [5.41, 5.74) is 2.42. The van der Waals surface area contributed by atoms with Crippen molar-refractivity contribution in [1.29, 1.82) is 0 Å². The van der Waals surface area contributed by atoms with Gasteiger partial charge < -0.3 is 15.0 Å². The minimum atomic E-state index is 0.285. The molecule has 23 heavy (non-hydrogen) atoms. The molecule has 1 saturated heterocycles. The van der Waals surface area contributed by atoms with Gasteiger partial charge in [-0.3, -0.25) is 0 Å². The number of hydrogen-bond acceptors (Lipinski definition) is 3. The number of aliphatic imine (C=N–C) groups is 1. The van der Waals surface area contributed by atoms with E-state index in [0.717, 1.165) is 31.3 Å². The van der Waals surface area contributed by atoms with Crippen LogP contribution in [0.3, 0.4) is 0 Å². The summed E-state index contributed by atoms with van der Waals surface area (Å²) in [6.07, 6.45) is 0. The quantitative estimate of drug-likeness (QED) is 0.663. The van der Waals surface area contributed by atoms with Gasteiger partial charge in [-0.15, -0.1) is 0 Å². The highest BCUT2D eigenvalue weighted by atomic mass is 32.2. The lowest BCUT2D eigenvalue weighted by molar-refractivity contribution is 0.185. The van der Waals surface area contributed by atoms with Crippen LogP contribution in [0.25, 0.3) is 0 Å². The molecule has 0 atom stereocenters. The average Bonchev–Trinajstić information content (AvgIpc) is 2.51. The number of hydrogen-bond donors (Lipinski definition) is 1. The van der Waals surface area contributed by atoms with Crippen LogP contribution in [0.4, 0.5) is 0 Å². The second kappa shape index (κ2) is 8.60. The molecule has 128 valence electrons. The Kier molecular flexibility index (Phi) is 6.78. The molecule has 1 aromatic carbocycles. The second-order valence-electron chi connectivity index (χ2n) is 6.45. The third-order valence-corrected chi connectivity index (χ3v) is 5.07. The van der Waals surface area contributed by atoms with Crippen molar-refractivity contribution in [3.8, 4) is 0 Å². The van der Waals surface area contributed by atoms with Gasteiger partial charge in [0, 0.05) is 37.2 Å². The molecule has 5 heteroatoms. The zero-order chi connectivity index (χ0) is 16.7. The Morgan fingerprint density at radius 2 is 2.17 bits per heavy atom. The molecule has 1 fully saturated rings. The minimum Gasteiger partial charge on any atom is -0.380 e. The number of guanidine groups is 1. The average molecular weight is 336 g/mol. The number of ether oxygens (including phenoxy) is 1. The second-order valence-corrected chi connectivity index (χ2v) is 8.25. The van der Waals surface area contributed by atoms with E-state index in [-0.39, 0.29) is 4.75 Å². The van der Waals surface area contributed by atoms with Crippen LogP contribution in [0.15, 0.2) is 29.3 Å². The number of thioether (sulfide) groups is 1. The van der Waals surface area contributed by atoms with E-state index < -0.39 is 0 Å². The van der Waals surface area contributed by atoms with Gasteiger partial charge in [0.05, 0.1) is 13.2 Å². The van der Waals surface area contributed by atoms with E-state index >= 15 is 0 Å². The Morgan fingerprint density at radius 3 is 2.87 bits per heavy atom. The van der Waals surface area contributed by atoms with E-state index in [0.29, 0.717) is 13.2 Å². The van der Waals surface area contributed by atoms with Gasteiger partial charge in [-0.2, -0.15) is 11.8 Å². The summed E-state index contributed by atoms with van der Waals surface area (Å²) in [5.74, 6) is 2.18. The lowest BCUT2D eigenvalue weighted by Crippen LogP contribution is -2.50.